The molecule has 0 amide bonds. The minimum absolute atomic E-state index is 0.110. The van der Waals surface area contributed by atoms with E-state index in [0.717, 1.165) is 22.6 Å². The minimum atomic E-state index is -0.833. The summed E-state index contributed by atoms with van der Waals surface area (Å²) < 4.78 is 34.9. The van der Waals surface area contributed by atoms with E-state index in [-0.39, 0.29) is 23.6 Å². The van der Waals surface area contributed by atoms with Gasteiger partial charge in [-0.3, -0.25) is 9.97 Å². The molecule has 4 N–H and O–H groups in total. The summed E-state index contributed by atoms with van der Waals surface area (Å²) in [7, 11) is 0. The van der Waals surface area contributed by atoms with E-state index >= 15 is 8.78 Å². The Bertz CT molecular complexity index is 3240. The molecule has 8 heterocycles. The van der Waals surface area contributed by atoms with Gasteiger partial charge in [0.1, 0.15) is 29.6 Å². The molecule has 0 unspecified atom stereocenters. The van der Waals surface area contributed by atoms with Gasteiger partial charge in [-0.1, -0.05) is 35.9 Å². The average molecular weight is 831 g/mol. The van der Waals surface area contributed by atoms with E-state index in [9.17, 15) is 0 Å². The predicted octanol–water partition coefficient (Wildman–Crippen LogP) is 9.12. The van der Waals surface area contributed by atoms with Gasteiger partial charge in [-0.25, -0.2) is 37.7 Å². The van der Waals surface area contributed by atoms with Crippen LogP contribution in [0.4, 0.5) is 20.2 Å². The molecule has 0 radical (unpaired) electrons. The number of benzene rings is 2. The molecule has 0 bridgehead atoms. The highest BCUT2D eigenvalue weighted by molar-refractivity contribution is 6.33. The van der Waals surface area contributed by atoms with Gasteiger partial charge in [-0.05, 0) is 86.6 Å². The number of anilines is 2. The topological polar surface area (TPSA) is 168 Å². The summed E-state index contributed by atoms with van der Waals surface area (Å²) in [6, 6.07) is 28.7. The summed E-state index contributed by atoms with van der Waals surface area (Å²) in [4.78, 5) is 34.7. The van der Waals surface area contributed by atoms with Crippen LogP contribution in [0.15, 0.2) is 116 Å². The second-order valence-corrected chi connectivity index (χ2v) is 14.7. The lowest BCUT2D eigenvalue weighted by Gasteiger charge is -2.08. The van der Waals surface area contributed by atoms with E-state index in [1.807, 2.05) is 98.9 Å². The maximum absolute atomic E-state index is 15.9. The molecular weight excluding hydrogens is 798 g/mol. The second-order valence-electron chi connectivity index (χ2n) is 14.3. The van der Waals surface area contributed by atoms with Gasteiger partial charge in [-0.2, -0.15) is 5.10 Å². The smallest absolute Gasteiger partial charge is 0.188 e. The Hall–Kier alpha value is -7.85. The highest BCUT2D eigenvalue weighted by Gasteiger charge is 2.22. The van der Waals surface area contributed by atoms with Crippen molar-refractivity contribution in [1.82, 2.24) is 59.1 Å². The standard InChI is InChI=1S/C44H33ClF2N14/c1-24-7-5-11-33(52-24)42-40(26-13-15-37-50-23-51-60(37)21-26)54-35(56-42)19-48-28-17-30(46)39(31(47)18-28)44-58-38-16-14-27(22-61(38)59-44)41-43(34-12-6-8-25(2)53-34)57-36(55-41)20-49-32-10-4-3-9-29(32)45/h3-18,21-23,48-49H,19-20H2,1-2H3,(H,54,56)(H,55,57). The molecule has 0 fully saturated rings. The summed E-state index contributed by atoms with van der Waals surface area (Å²) in [6.45, 7) is 4.32. The molecule has 0 aliphatic heterocycles. The monoisotopic (exact) mass is 830 g/mol. The normalized spacial score (nSPS) is 11.5. The number of imidazole rings is 2. The number of nitrogens with one attached hydrogen (secondary N) is 4. The van der Waals surface area contributed by atoms with E-state index in [4.69, 9.17) is 31.5 Å². The number of hydrogen-bond acceptors (Lipinski definition) is 10. The molecule has 0 atom stereocenters. The predicted molar refractivity (Wildman–Crippen MR) is 229 cm³/mol. The van der Waals surface area contributed by atoms with Crippen molar-refractivity contribution in [2.75, 3.05) is 10.6 Å². The second kappa shape index (κ2) is 15.4. The average Bonchev–Trinajstić information content (AvgIpc) is 4.08. The number of hydrogen-bond donors (Lipinski definition) is 4. The summed E-state index contributed by atoms with van der Waals surface area (Å²) in [5.41, 5.74) is 8.89. The van der Waals surface area contributed by atoms with E-state index in [0.29, 0.717) is 74.2 Å². The molecule has 17 heteroatoms. The van der Waals surface area contributed by atoms with Crippen molar-refractivity contribution in [2.24, 2.45) is 0 Å². The number of rotatable bonds is 11. The van der Waals surface area contributed by atoms with Crippen LogP contribution in [0.3, 0.4) is 0 Å². The summed E-state index contributed by atoms with van der Waals surface area (Å²) >= 11 is 6.38. The number of fused-ring (bicyclic) bond motifs is 2. The van der Waals surface area contributed by atoms with Crippen LogP contribution >= 0.6 is 11.6 Å². The third-order valence-electron chi connectivity index (χ3n) is 9.99. The summed E-state index contributed by atoms with van der Waals surface area (Å²) in [6.07, 6.45) is 5.04. The molecule has 10 aromatic rings. The molecule has 0 aliphatic rings. The van der Waals surface area contributed by atoms with Crippen LogP contribution in [0, 0.1) is 25.5 Å². The summed E-state index contributed by atoms with van der Waals surface area (Å²) in [5.74, 6) is -0.606. The zero-order valence-corrected chi connectivity index (χ0v) is 33.2. The molecular formula is C44H33ClF2N14. The van der Waals surface area contributed by atoms with E-state index in [1.54, 1.807) is 16.8 Å². The van der Waals surface area contributed by atoms with Gasteiger partial charge in [0.05, 0.1) is 63.5 Å². The van der Waals surface area contributed by atoms with E-state index in [1.165, 1.54) is 23.0 Å². The molecule has 61 heavy (non-hydrogen) atoms. The number of pyridine rings is 4. The van der Waals surface area contributed by atoms with Crippen LogP contribution in [0.5, 0.6) is 0 Å². The first-order valence-corrected chi connectivity index (χ1v) is 19.5. The van der Waals surface area contributed by atoms with Crippen molar-refractivity contribution in [2.45, 2.75) is 26.9 Å². The lowest BCUT2D eigenvalue weighted by atomic mass is 10.1. The fourth-order valence-electron chi connectivity index (χ4n) is 7.11. The van der Waals surface area contributed by atoms with Crippen LogP contribution in [-0.4, -0.2) is 59.1 Å². The van der Waals surface area contributed by atoms with Gasteiger partial charge in [0, 0.05) is 40.6 Å². The lowest BCUT2D eigenvalue weighted by Crippen LogP contribution is -2.03. The van der Waals surface area contributed by atoms with Crippen molar-refractivity contribution in [3.05, 3.63) is 155 Å². The van der Waals surface area contributed by atoms with Gasteiger partial charge in [0.15, 0.2) is 17.1 Å². The number of aryl methyl sites for hydroxylation is 2. The van der Waals surface area contributed by atoms with Crippen molar-refractivity contribution in [1.29, 1.82) is 0 Å². The number of aromatic nitrogens is 12. The first kappa shape index (κ1) is 37.4. The van der Waals surface area contributed by atoms with Crippen molar-refractivity contribution in [3.8, 4) is 56.7 Å². The fraction of sp³-hybridized carbons (Fsp3) is 0.0909. The number of para-hydroxylation sites is 1. The highest BCUT2D eigenvalue weighted by Crippen LogP contribution is 2.33. The molecule has 10 rings (SSSR count). The SMILES string of the molecule is Cc1cccc(-c2[nH]c(CNc3cc(F)c(-c4nc5ccc(-c6nc(CNc7ccccc7Cl)[nH]c6-c6cccc(C)n6)cn5n4)c(F)c3)nc2-c2ccc3ncnn3c2)n1. The molecule has 0 spiro atoms. The van der Waals surface area contributed by atoms with Gasteiger partial charge < -0.3 is 20.6 Å². The third-order valence-corrected chi connectivity index (χ3v) is 10.3. The number of nitrogens with zero attached hydrogens (tertiary/aromatic N) is 10. The van der Waals surface area contributed by atoms with Crippen molar-refractivity contribution in [3.63, 3.8) is 0 Å². The quantitative estimate of drug-likeness (QED) is 0.0987. The first-order chi connectivity index (χ1) is 29.7. The zero-order valence-electron chi connectivity index (χ0n) is 32.5. The maximum atomic E-state index is 15.9. The van der Waals surface area contributed by atoms with Gasteiger partial charge in [-0.15, -0.1) is 5.10 Å². The molecule has 14 nitrogen and oxygen atoms in total. The van der Waals surface area contributed by atoms with Crippen molar-refractivity contribution < 1.29 is 8.78 Å². The lowest BCUT2D eigenvalue weighted by molar-refractivity contribution is 0.588. The zero-order chi connectivity index (χ0) is 41.6. The van der Waals surface area contributed by atoms with Crippen LogP contribution < -0.4 is 10.6 Å². The first-order valence-electron chi connectivity index (χ1n) is 19.2. The molecule has 300 valence electrons. The Morgan fingerprint density at radius 2 is 1.25 bits per heavy atom. The number of halogens is 3. The van der Waals surface area contributed by atoms with Gasteiger partial charge in [0.2, 0.25) is 0 Å². The van der Waals surface area contributed by atoms with Crippen LogP contribution in [0.1, 0.15) is 23.0 Å². The highest BCUT2D eigenvalue weighted by atomic mass is 35.5. The summed E-state index contributed by atoms with van der Waals surface area (Å²) in [5, 5.41) is 15.8. The molecule has 8 aromatic heterocycles. The van der Waals surface area contributed by atoms with E-state index < -0.39 is 11.6 Å². The molecule has 0 saturated heterocycles. The Morgan fingerprint density at radius 1 is 0.639 bits per heavy atom. The maximum Gasteiger partial charge on any atom is 0.188 e. The largest absolute Gasteiger partial charge is 0.378 e. The van der Waals surface area contributed by atoms with Crippen LogP contribution in [0.2, 0.25) is 5.02 Å². The Balaban J connectivity index is 0.923. The van der Waals surface area contributed by atoms with Crippen LogP contribution in [-0.2, 0) is 13.1 Å². The van der Waals surface area contributed by atoms with E-state index in [2.05, 4.69) is 40.8 Å². The Kier molecular flexibility index (Phi) is 9.44. The third kappa shape index (κ3) is 7.40. The van der Waals surface area contributed by atoms with Crippen molar-refractivity contribution >= 4 is 34.3 Å². The molecule has 2 aromatic carbocycles. The fourth-order valence-corrected chi connectivity index (χ4v) is 7.31. The molecule has 0 saturated carbocycles. The van der Waals surface area contributed by atoms with Gasteiger partial charge >= 0.3 is 0 Å². The van der Waals surface area contributed by atoms with Crippen LogP contribution in [0.25, 0.3) is 68.0 Å². The molecule has 0 aliphatic carbocycles. The number of aromatic amines is 2. The Labute approximate surface area is 350 Å². The van der Waals surface area contributed by atoms with Gasteiger partial charge in [0.25, 0.3) is 0 Å². The number of H-pyrrole nitrogens is 2. The Morgan fingerprint density at radius 3 is 1.89 bits per heavy atom. The minimum Gasteiger partial charge on any atom is -0.378 e.